The van der Waals surface area contributed by atoms with Crippen LogP contribution in [0, 0.1) is 5.92 Å². The largest absolute Gasteiger partial charge is 0.303 e. The molecule has 112 valence electrons. The first-order valence-corrected chi connectivity index (χ1v) is 8.49. The standard InChI is InChI=1S/C18H30N2/c1-2-3-4-14-20-15-5-6-17(11-16-20)7-8-18-9-12-19-13-10-18/h9-10,12-13,17H,2-8,11,14-16H2,1H3. The van der Waals surface area contributed by atoms with Gasteiger partial charge in [-0.15, -0.1) is 0 Å². The molecule has 1 unspecified atom stereocenters. The zero-order valence-corrected chi connectivity index (χ0v) is 13.1. The van der Waals surface area contributed by atoms with Crippen molar-refractivity contribution in [3.8, 4) is 0 Å². The molecular formula is C18H30N2. The van der Waals surface area contributed by atoms with Crippen molar-refractivity contribution in [1.29, 1.82) is 0 Å². The number of unbranched alkanes of at least 4 members (excludes halogenated alkanes) is 2. The Morgan fingerprint density at radius 2 is 2.00 bits per heavy atom. The molecule has 1 saturated heterocycles. The number of rotatable bonds is 7. The highest BCUT2D eigenvalue weighted by atomic mass is 15.1. The third-order valence-corrected chi connectivity index (χ3v) is 4.61. The van der Waals surface area contributed by atoms with Crippen molar-refractivity contribution in [2.24, 2.45) is 5.92 Å². The van der Waals surface area contributed by atoms with Crippen molar-refractivity contribution in [2.75, 3.05) is 19.6 Å². The van der Waals surface area contributed by atoms with Crippen LogP contribution in [0.25, 0.3) is 0 Å². The average Bonchev–Trinajstić information content (AvgIpc) is 2.72. The van der Waals surface area contributed by atoms with Gasteiger partial charge in [0.2, 0.25) is 0 Å². The Bertz CT molecular complexity index is 350. The van der Waals surface area contributed by atoms with Gasteiger partial charge in [0.15, 0.2) is 0 Å². The lowest BCUT2D eigenvalue weighted by Gasteiger charge is -2.19. The first-order valence-electron chi connectivity index (χ1n) is 8.49. The molecule has 1 aliphatic rings. The van der Waals surface area contributed by atoms with Crippen LogP contribution >= 0.6 is 0 Å². The van der Waals surface area contributed by atoms with Crippen molar-refractivity contribution in [1.82, 2.24) is 9.88 Å². The quantitative estimate of drug-likeness (QED) is 0.689. The van der Waals surface area contributed by atoms with E-state index in [9.17, 15) is 0 Å². The molecule has 0 spiro atoms. The van der Waals surface area contributed by atoms with E-state index in [1.54, 1.807) is 0 Å². The molecule has 0 bridgehead atoms. The minimum Gasteiger partial charge on any atom is -0.303 e. The van der Waals surface area contributed by atoms with Gasteiger partial charge in [-0.25, -0.2) is 0 Å². The molecule has 0 radical (unpaired) electrons. The summed E-state index contributed by atoms with van der Waals surface area (Å²) >= 11 is 0. The third kappa shape index (κ3) is 5.62. The highest BCUT2D eigenvalue weighted by Crippen LogP contribution is 2.22. The Labute approximate surface area is 124 Å². The molecular weight excluding hydrogens is 244 g/mol. The molecule has 0 N–H and O–H groups in total. The van der Waals surface area contributed by atoms with E-state index in [0.29, 0.717) is 0 Å². The summed E-state index contributed by atoms with van der Waals surface area (Å²) in [4.78, 5) is 6.79. The molecule has 0 amide bonds. The van der Waals surface area contributed by atoms with Crippen molar-refractivity contribution in [3.63, 3.8) is 0 Å². The molecule has 1 aliphatic heterocycles. The van der Waals surface area contributed by atoms with Crippen LogP contribution in [0.1, 0.15) is 57.4 Å². The molecule has 0 aromatic carbocycles. The van der Waals surface area contributed by atoms with Crippen molar-refractivity contribution < 1.29 is 0 Å². The third-order valence-electron chi connectivity index (χ3n) is 4.61. The summed E-state index contributed by atoms with van der Waals surface area (Å²) in [5.41, 5.74) is 1.45. The molecule has 1 fully saturated rings. The van der Waals surface area contributed by atoms with E-state index in [-0.39, 0.29) is 0 Å². The van der Waals surface area contributed by atoms with Crippen LogP contribution in [-0.4, -0.2) is 29.5 Å². The van der Waals surface area contributed by atoms with Gasteiger partial charge in [-0.1, -0.05) is 19.8 Å². The zero-order chi connectivity index (χ0) is 14.0. The van der Waals surface area contributed by atoms with Gasteiger partial charge in [-0.3, -0.25) is 4.98 Å². The number of likely N-dealkylation sites (tertiary alicyclic amines) is 1. The Balaban J connectivity index is 1.67. The van der Waals surface area contributed by atoms with E-state index in [1.165, 1.54) is 76.6 Å². The second kappa shape index (κ2) is 9.12. The van der Waals surface area contributed by atoms with Gasteiger partial charge in [-0.2, -0.15) is 0 Å². The fraction of sp³-hybridized carbons (Fsp3) is 0.722. The highest BCUT2D eigenvalue weighted by Gasteiger charge is 2.16. The Morgan fingerprint density at radius 3 is 2.80 bits per heavy atom. The van der Waals surface area contributed by atoms with Crippen LogP contribution in [0.4, 0.5) is 0 Å². The van der Waals surface area contributed by atoms with Crippen LogP contribution in [-0.2, 0) is 6.42 Å². The predicted molar refractivity (Wildman–Crippen MR) is 85.9 cm³/mol. The summed E-state index contributed by atoms with van der Waals surface area (Å²) in [6.45, 7) is 6.27. The van der Waals surface area contributed by atoms with Crippen LogP contribution in [0.2, 0.25) is 0 Å². The Morgan fingerprint density at radius 1 is 1.15 bits per heavy atom. The van der Waals surface area contributed by atoms with E-state index < -0.39 is 0 Å². The second-order valence-corrected chi connectivity index (χ2v) is 6.24. The van der Waals surface area contributed by atoms with Gasteiger partial charge in [0, 0.05) is 12.4 Å². The van der Waals surface area contributed by atoms with Crippen molar-refractivity contribution >= 4 is 0 Å². The first-order chi connectivity index (χ1) is 9.88. The Hall–Kier alpha value is -0.890. The molecule has 1 atom stereocenters. The molecule has 0 aliphatic carbocycles. The van der Waals surface area contributed by atoms with Crippen LogP contribution in [0.3, 0.4) is 0 Å². The molecule has 2 rings (SSSR count). The fourth-order valence-corrected chi connectivity index (χ4v) is 3.24. The maximum Gasteiger partial charge on any atom is 0.0270 e. The van der Waals surface area contributed by atoms with E-state index in [1.807, 2.05) is 12.4 Å². The summed E-state index contributed by atoms with van der Waals surface area (Å²) in [6, 6.07) is 4.32. The minimum atomic E-state index is 0.930. The normalized spacial score (nSPS) is 20.8. The molecule has 0 saturated carbocycles. The Kier molecular flexibility index (Phi) is 7.07. The summed E-state index contributed by atoms with van der Waals surface area (Å²) in [5.74, 6) is 0.930. The van der Waals surface area contributed by atoms with E-state index in [4.69, 9.17) is 0 Å². The average molecular weight is 274 g/mol. The molecule has 1 aromatic rings. The summed E-state index contributed by atoms with van der Waals surface area (Å²) in [5, 5.41) is 0. The molecule has 2 nitrogen and oxygen atoms in total. The summed E-state index contributed by atoms with van der Waals surface area (Å²) < 4.78 is 0. The van der Waals surface area contributed by atoms with Gasteiger partial charge in [0.05, 0.1) is 0 Å². The lowest BCUT2D eigenvalue weighted by molar-refractivity contribution is 0.273. The van der Waals surface area contributed by atoms with Gasteiger partial charge < -0.3 is 4.90 Å². The van der Waals surface area contributed by atoms with Crippen molar-refractivity contribution in [3.05, 3.63) is 30.1 Å². The minimum absolute atomic E-state index is 0.930. The smallest absolute Gasteiger partial charge is 0.0270 e. The molecule has 20 heavy (non-hydrogen) atoms. The number of aryl methyl sites for hydroxylation is 1. The van der Waals surface area contributed by atoms with Crippen LogP contribution in [0.15, 0.2) is 24.5 Å². The van der Waals surface area contributed by atoms with Gasteiger partial charge in [0.1, 0.15) is 0 Å². The zero-order valence-electron chi connectivity index (χ0n) is 13.1. The van der Waals surface area contributed by atoms with E-state index in [0.717, 1.165) is 5.92 Å². The molecule has 2 heteroatoms. The molecule has 2 heterocycles. The lowest BCUT2D eigenvalue weighted by atomic mass is 9.93. The number of hydrogen-bond donors (Lipinski definition) is 0. The summed E-state index contributed by atoms with van der Waals surface area (Å²) in [6.07, 6.45) is 14.7. The lowest BCUT2D eigenvalue weighted by Crippen LogP contribution is -2.26. The van der Waals surface area contributed by atoms with Crippen molar-refractivity contribution in [2.45, 2.75) is 58.3 Å². The van der Waals surface area contributed by atoms with Gasteiger partial charge in [0.25, 0.3) is 0 Å². The highest BCUT2D eigenvalue weighted by molar-refractivity contribution is 5.09. The maximum absolute atomic E-state index is 4.09. The van der Waals surface area contributed by atoms with E-state index >= 15 is 0 Å². The monoisotopic (exact) mass is 274 g/mol. The maximum atomic E-state index is 4.09. The SMILES string of the molecule is CCCCCN1CCCC(CCc2ccncc2)CC1. The number of pyridine rings is 1. The van der Waals surface area contributed by atoms with Crippen LogP contribution in [0.5, 0.6) is 0 Å². The first kappa shape index (κ1) is 15.5. The number of nitrogens with zero attached hydrogens (tertiary/aromatic N) is 2. The number of aromatic nitrogens is 1. The van der Waals surface area contributed by atoms with Gasteiger partial charge in [-0.05, 0) is 81.8 Å². The second-order valence-electron chi connectivity index (χ2n) is 6.24. The number of hydrogen-bond acceptors (Lipinski definition) is 2. The fourth-order valence-electron chi connectivity index (χ4n) is 3.24. The van der Waals surface area contributed by atoms with Gasteiger partial charge >= 0.3 is 0 Å². The molecule has 1 aromatic heterocycles. The van der Waals surface area contributed by atoms with E-state index in [2.05, 4.69) is 28.9 Å². The topological polar surface area (TPSA) is 16.1 Å². The predicted octanol–water partition coefficient (Wildman–Crippen LogP) is 4.31. The summed E-state index contributed by atoms with van der Waals surface area (Å²) in [7, 11) is 0. The van der Waals surface area contributed by atoms with Crippen LogP contribution < -0.4 is 0 Å².